The lowest BCUT2D eigenvalue weighted by molar-refractivity contribution is -0.143. The third-order valence-electron chi connectivity index (χ3n) is 5.26. The highest BCUT2D eigenvalue weighted by molar-refractivity contribution is 7.73. The van der Waals surface area contributed by atoms with Crippen LogP contribution < -0.4 is 15.9 Å². The van der Waals surface area contributed by atoms with Gasteiger partial charge in [0.15, 0.2) is 0 Å². The number of hydrogen-bond donors (Lipinski definition) is 2. The summed E-state index contributed by atoms with van der Waals surface area (Å²) in [4.78, 5) is 12.8. The molecule has 186 valence electrons. The molecule has 2 N–H and O–H groups in total. The normalized spacial score (nSPS) is 14.0. The van der Waals surface area contributed by atoms with Gasteiger partial charge in [-0.15, -0.1) is 0 Å². The lowest BCUT2D eigenvalue weighted by atomic mass is 10.0. The van der Waals surface area contributed by atoms with Crippen LogP contribution in [0.3, 0.4) is 0 Å². The zero-order chi connectivity index (χ0) is 25.8. The van der Waals surface area contributed by atoms with Crippen molar-refractivity contribution in [3.63, 3.8) is 0 Å². The molecule has 0 aliphatic carbocycles. The van der Waals surface area contributed by atoms with Crippen LogP contribution >= 0.6 is 7.92 Å². The van der Waals surface area contributed by atoms with Gasteiger partial charge in [-0.25, -0.2) is 0 Å². The van der Waals surface area contributed by atoms with Crippen molar-refractivity contribution in [1.29, 1.82) is 0 Å². The Morgan fingerprint density at radius 3 is 1.63 bits per heavy atom. The molecule has 0 bridgehead atoms. The van der Waals surface area contributed by atoms with E-state index in [1.807, 2.05) is 60.7 Å². The summed E-state index contributed by atoms with van der Waals surface area (Å²) in [7, 11) is -1.11. The van der Waals surface area contributed by atoms with Crippen LogP contribution in [0.5, 0.6) is 0 Å². The van der Waals surface area contributed by atoms with E-state index in [1.165, 1.54) is 6.92 Å². The van der Waals surface area contributed by atoms with Crippen LogP contribution in [0.2, 0.25) is 0 Å². The van der Waals surface area contributed by atoms with Gasteiger partial charge in [0.05, 0.1) is 23.3 Å². The number of aliphatic hydroxyl groups excluding tert-OH is 1. The van der Waals surface area contributed by atoms with Crippen molar-refractivity contribution >= 4 is 24.4 Å². The predicted molar refractivity (Wildman–Crippen MR) is 123 cm³/mol. The van der Waals surface area contributed by atoms with Crippen molar-refractivity contribution in [2.24, 2.45) is 0 Å². The lowest BCUT2D eigenvalue weighted by Gasteiger charge is -2.28. The number of alkyl halides is 6. The fourth-order valence-corrected chi connectivity index (χ4v) is 6.00. The van der Waals surface area contributed by atoms with Gasteiger partial charge in [0, 0.05) is 5.56 Å². The zero-order valence-electron chi connectivity index (χ0n) is 18.4. The minimum atomic E-state index is -5.07. The molecular weight excluding hydrogens is 491 g/mol. The maximum atomic E-state index is 13.2. The van der Waals surface area contributed by atoms with E-state index < -0.39 is 55.0 Å². The Morgan fingerprint density at radius 1 is 0.829 bits per heavy atom. The third kappa shape index (κ3) is 7.05. The van der Waals surface area contributed by atoms with Crippen molar-refractivity contribution < 1.29 is 36.2 Å². The van der Waals surface area contributed by atoms with Gasteiger partial charge in [-0.05, 0) is 49.8 Å². The van der Waals surface area contributed by atoms with Crippen LogP contribution in [0, 0.1) is 0 Å². The molecule has 3 aromatic rings. The molecule has 0 saturated heterocycles. The maximum Gasteiger partial charge on any atom is 0.416 e. The van der Waals surface area contributed by atoms with Crippen LogP contribution in [0.15, 0.2) is 78.9 Å². The first-order valence-electron chi connectivity index (χ1n) is 10.5. The molecule has 0 heterocycles. The maximum absolute atomic E-state index is 13.2. The van der Waals surface area contributed by atoms with E-state index in [0.29, 0.717) is 12.1 Å². The standard InChI is InChI=1S/C25H22F6NO2P/c1-16(33)22(15-35(20-8-4-2-5-9-20)21-10-6-3-7-11-21)32-23(34)17-12-18(24(26,27)28)14-19(13-17)25(29,30)31/h2-14,16,22,33H,15H2,1H3,(H,32,34)/t16-,22-/m1/s1. The van der Waals surface area contributed by atoms with Gasteiger partial charge in [-0.1, -0.05) is 60.7 Å². The Labute approximate surface area is 199 Å². The number of hydrogen-bond acceptors (Lipinski definition) is 2. The first-order chi connectivity index (χ1) is 16.4. The number of halogens is 6. The van der Waals surface area contributed by atoms with Gasteiger partial charge in [0.25, 0.3) is 5.91 Å². The minimum Gasteiger partial charge on any atom is -0.391 e. The lowest BCUT2D eigenvalue weighted by Crippen LogP contribution is -2.45. The molecule has 0 spiro atoms. The predicted octanol–water partition coefficient (Wildman–Crippen LogP) is 5.34. The number of carbonyl (C=O) groups is 1. The Bertz CT molecular complexity index is 1060. The van der Waals surface area contributed by atoms with Gasteiger partial charge in [0.2, 0.25) is 0 Å². The summed E-state index contributed by atoms with van der Waals surface area (Å²) in [6.45, 7) is 1.40. The number of aliphatic hydroxyl groups is 1. The number of carbonyl (C=O) groups excluding carboxylic acids is 1. The van der Waals surface area contributed by atoms with Crippen molar-refractivity contribution in [2.45, 2.75) is 31.4 Å². The Morgan fingerprint density at radius 2 is 1.26 bits per heavy atom. The topological polar surface area (TPSA) is 49.3 Å². The van der Waals surface area contributed by atoms with Gasteiger partial charge in [-0.3, -0.25) is 4.79 Å². The van der Waals surface area contributed by atoms with Gasteiger partial charge >= 0.3 is 12.4 Å². The average molecular weight is 513 g/mol. The second-order valence-corrected chi connectivity index (χ2v) is 10.2. The van der Waals surface area contributed by atoms with Gasteiger partial charge < -0.3 is 10.4 Å². The van der Waals surface area contributed by atoms with Crippen LogP contribution in [-0.4, -0.2) is 29.3 Å². The van der Waals surface area contributed by atoms with Crippen molar-refractivity contribution in [2.75, 3.05) is 6.16 Å². The molecule has 0 unspecified atom stereocenters. The minimum absolute atomic E-state index is 0.0347. The third-order valence-corrected chi connectivity index (χ3v) is 7.87. The molecule has 0 fully saturated rings. The Balaban J connectivity index is 1.94. The summed E-state index contributed by atoms with van der Waals surface area (Å²) < 4.78 is 79.2. The zero-order valence-corrected chi connectivity index (χ0v) is 19.3. The van der Waals surface area contributed by atoms with Crippen molar-refractivity contribution in [3.05, 3.63) is 95.6 Å². The molecular formula is C25H22F6NO2P. The Hall–Kier alpha value is -2.90. The summed E-state index contributed by atoms with van der Waals surface area (Å²) in [6, 6.07) is 18.4. The van der Waals surface area contributed by atoms with Crippen molar-refractivity contribution in [1.82, 2.24) is 5.32 Å². The second-order valence-electron chi connectivity index (χ2n) is 7.90. The van der Waals surface area contributed by atoms with Crippen LogP contribution in [-0.2, 0) is 12.4 Å². The molecule has 0 radical (unpaired) electrons. The number of nitrogens with one attached hydrogen (secondary N) is 1. The molecule has 10 heteroatoms. The molecule has 0 aliphatic rings. The molecule has 3 rings (SSSR count). The molecule has 1 amide bonds. The smallest absolute Gasteiger partial charge is 0.391 e. The summed E-state index contributed by atoms with van der Waals surface area (Å²) in [6.07, 6.45) is -11.0. The Kier molecular flexibility index (Phi) is 8.23. The molecule has 0 aliphatic heterocycles. The van der Waals surface area contributed by atoms with Crippen LogP contribution in [0.4, 0.5) is 26.3 Å². The monoisotopic (exact) mass is 513 g/mol. The largest absolute Gasteiger partial charge is 0.416 e. The van der Waals surface area contributed by atoms with Crippen LogP contribution in [0.1, 0.15) is 28.4 Å². The van der Waals surface area contributed by atoms with E-state index in [1.54, 1.807) is 0 Å². The van der Waals surface area contributed by atoms with E-state index in [9.17, 15) is 36.2 Å². The fraction of sp³-hybridized carbons (Fsp3) is 0.240. The van der Waals surface area contributed by atoms with E-state index >= 15 is 0 Å². The molecule has 35 heavy (non-hydrogen) atoms. The van der Waals surface area contributed by atoms with Gasteiger partial charge in [0.1, 0.15) is 0 Å². The fourth-order valence-electron chi connectivity index (χ4n) is 3.43. The van der Waals surface area contributed by atoms with E-state index in [4.69, 9.17) is 0 Å². The molecule has 0 aromatic heterocycles. The molecule has 0 saturated carbocycles. The highest BCUT2D eigenvalue weighted by Gasteiger charge is 2.38. The molecule has 2 atom stereocenters. The van der Waals surface area contributed by atoms with Crippen molar-refractivity contribution in [3.8, 4) is 0 Å². The first kappa shape index (κ1) is 26.7. The summed E-state index contributed by atoms with van der Waals surface area (Å²) in [5, 5.41) is 14.7. The average Bonchev–Trinajstić information content (AvgIpc) is 2.81. The highest BCUT2D eigenvalue weighted by Crippen LogP contribution is 2.37. The van der Waals surface area contributed by atoms with E-state index in [0.717, 1.165) is 10.6 Å². The van der Waals surface area contributed by atoms with E-state index in [2.05, 4.69) is 5.32 Å². The van der Waals surface area contributed by atoms with E-state index in [-0.39, 0.29) is 12.2 Å². The summed E-state index contributed by atoms with van der Waals surface area (Å²) >= 11 is 0. The first-order valence-corrected chi connectivity index (χ1v) is 12.0. The number of amides is 1. The SMILES string of the molecule is C[C@@H](O)[C@@H](CP(c1ccccc1)c1ccccc1)NC(=O)c1cc(C(F)(F)F)cc(C(F)(F)F)c1. The summed E-state index contributed by atoms with van der Waals surface area (Å²) in [5.74, 6) is -1.14. The number of rotatable bonds is 7. The highest BCUT2D eigenvalue weighted by atomic mass is 31.1. The second kappa shape index (κ2) is 10.8. The molecule has 3 nitrogen and oxygen atoms in total. The van der Waals surface area contributed by atoms with Gasteiger partial charge in [-0.2, -0.15) is 26.3 Å². The quantitative estimate of drug-likeness (QED) is 0.331. The molecule has 3 aromatic carbocycles. The number of benzene rings is 3. The summed E-state index contributed by atoms with van der Waals surface area (Å²) in [5.41, 5.74) is -3.95. The van der Waals surface area contributed by atoms with Crippen LogP contribution in [0.25, 0.3) is 0 Å².